The van der Waals surface area contributed by atoms with Gasteiger partial charge in [0.25, 0.3) is 5.91 Å². The molecule has 0 fully saturated rings. The van der Waals surface area contributed by atoms with Crippen LogP contribution in [0.25, 0.3) is 5.65 Å². The SMILES string of the molecule is O=C(Nc1ccccc1O)c1ccc(SCc2cn3ccccc3n2)cc1. The third-order valence-corrected chi connectivity index (χ3v) is 5.11. The van der Waals surface area contributed by atoms with Gasteiger partial charge >= 0.3 is 0 Å². The maximum Gasteiger partial charge on any atom is 0.255 e. The quantitative estimate of drug-likeness (QED) is 0.396. The molecule has 6 heteroatoms. The minimum absolute atomic E-state index is 0.0467. The van der Waals surface area contributed by atoms with Gasteiger partial charge in [-0.25, -0.2) is 4.98 Å². The highest BCUT2D eigenvalue weighted by Crippen LogP contribution is 2.25. The number of aromatic nitrogens is 2. The highest BCUT2D eigenvalue weighted by Gasteiger charge is 2.09. The number of benzene rings is 2. The van der Waals surface area contributed by atoms with Crippen LogP contribution in [0.15, 0.2) is 84.0 Å². The molecular weight excluding hydrogens is 358 g/mol. The maximum absolute atomic E-state index is 12.3. The topological polar surface area (TPSA) is 66.6 Å². The molecule has 134 valence electrons. The van der Waals surface area contributed by atoms with Gasteiger partial charge in [0.15, 0.2) is 0 Å². The summed E-state index contributed by atoms with van der Waals surface area (Å²) in [6.07, 6.45) is 4.00. The zero-order chi connectivity index (χ0) is 18.6. The minimum Gasteiger partial charge on any atom is -0.506 e. The number of pyridine rings is 1. The Kier molecular flexibility index (Phi) is 4.80. The first-order chi connectivity index (χ1) is 13.2. The summed E-state index contributed by atoms with van der Waals surface area (Å²) in [5.74, 6) is 0.546. The highest BCUT2D eigenvalue weighted by molar-refractivity contribution is 7.98. The van der Waals surface area contributed by atoms with Crippen LogP contribution in [0.4, 0.5) is 5.69 Å². The second-order valence-electron chi connectivity index (χ2n) is 5.98. The molecule has 0 radical (unpaired) electrons. The summed E-state index contributed by atoms with van der Waals surface area (Å²) < 4.78 is 2.00. The Balaban J connectivity index is 1.39. The average molecular weight is 375 g/mol. The monoisotopic (exact) mass is 375 g/mol. The second-order valence-corrected chi connectivity index (χ2v) is 7.03. The van der Waals surface area contributed by atoms with Crippen LogP contribution in [0.2, 0.25) is 0 Å². The van der Waals surface area contributed by atoms with Gasteiger partial charge in [-0.3, -0.25) is 4.79 Å². The van der Waals surface area contributed by atoms with Crippen LogP contribution >= 0.6 is 11.8 Å². The molecule has 4 rings (SSSR count). The molecule has 2 aromatic carbocycles. The lowest BCUT2D eigenvalue weighted by Crippen LogP contribution is -2.11. The first-order valence-corrected chi connectivity index (χ1v) is 9.42. The van der Waals surface area contributed by atoms with Crippen molar-refractivity contribution >= 4 is 29.0 Å². The number of hydrogen-bond acceptors (Lipinski definition) is 4. The summed E-state index contributed by atoms with van der Waals surface area (Å²) in [6.45, 7) is 0. The number of nitrogens with one attached hydrogen (secondary N) is 1. The maximum atomic E-state index is 12.3. The van der Waals surface area contributed by atoms with Gasteiger partial charge in [-0.2, -0.15) is 0 Å². The van der Waals surface area contributed by atoms with Crippen molar-refractivity contribution in [3.8, 4) is 5.75 Å². The van der Waals surface area contributed by atoms with Crippen LogP contribution in [0.1, 0.15) is 16.1 Å². The third kappa shape index (κ3) is 3.96. The number of nitrogens with zero attached hydrogens (tertiary/aromatic N) is 2. The molecule has 0 atom stereocenters. The number of aromatic hydroxyl groups is 1. The fourth-order valence-corrected chi connectivity index (χ4v) is 3.47. The summed E-state index contributed by atoms with van der Waals surface area (Å²) in [7, 11) is 0. The number of phenolic OH excluding ortho intramolecular Hbond substituents is 1. The van der Waals surface area contributed by atoms with Crippen molar-refractivity contribution in [2.45, 2.75) is 10.6 Å². The van der Waals surface area contributed by atoms with Crippen molar-refractivity contribution in [1.29, 1.82) is 0 Å². The summed E-state index contributed by atoms with van der Waals surface area (Å²) in [5.41, 5.74) is 2.87. The number of fused-ring (bicyclic) bond motifs is 1. The number of thioether (sulfide) groups is 1. The number of anilines is 1. The minimum atomic E-state index is -0.256. The van der Waals surface area contributed by atoms with Gasteiger partial charge in [-0.15, -0.1) is 11.8 Å². The fourth-order valence-electron chi connectivity index (χ4n) is 2.69. The van der Waals surface area contributed by atoms with Crippen molar-refractivity contribution in [2.24, 2.45) is 0 Å². The lowest BCUT2D eigenvalue weighted by Gasteiger charge is -2.07. The molecule has 0 saturated carbocycles. The standard InChI is InChI=1S/C21H17N3O2S/c25-19-6-2-1-5-18(19)23-21(26)15-8-10-17(11-9-15)27-14-16-13-24-12-4-3-7-20(24)22-16/h1-13,25H,14H2,(H,23,26). The van der Waals surface area contributed by atoms with Gasteiger partial charge in [0, 0.05) is 28.6 Å². The van der Waals surface area contributed by atoms with Crippen LogP contribution < -0.4 is 5.32 Å². The molecule has 1 amide bonds. The molecule has 27 heavy (non-hydrogen) atoms. The predicted molar refractivity (Wildman–Crippen MR) is 107 cm³/mol. The molecule has 2 heterocycles. The van der Waals surface area contributed by atoms with E-state index in [0.717, 1.165) is 22.0 Å². The van der Waals surface area contributed by atoms with Gasteiger partial charge in [-0.05, 0) is 48.5 Å². The Hall–Kier alpha value is -3.25. The second kappa shape index (κ2) is 7.55. The van der Waals surface area contributed by atoms with E-state index in [1.165, 1.54) is 6.07 Å². The molecule has 4 aromatic rings. The number of rotatable bonds is 5. The molecule has 0 aliphatic rings. The lowest BCUT2D eigenvalue weighted by molar-refractivity contribution is 0.102. The normalized spacial score (nSPS) is 10.8. The number of imidazole rings is 1. The first kappa shape index (κ1) is 17.2. The van der Waals surface area contributed by atoms with Crippen molar-refractivity contribution in [2.75, 3.05) is 5.32 Å². The highest BCUT2D eigenvalue weighted by atomic mass is 32.2. The van der Waals surface area contributed by atoms with Crippen LogP contribution in [0, 0.1) is 0 Å². The molecule has 0 aliphatic carbocycles. The summed E-state index contributed by atoms with van der Waals surface area (Å²) >= 11 is 1.67. The Labute approximate surface area is 160 Å². The summed E-state index contributed by atoms with van der Waals surface area (Å²) in [4.78, 5) is 18.0. The van der Waals surface area contributed by atoms with Gasteiger partial charge in [-0.1, -0.05) is 18.2 Å². The zero-order valence-electron chi connectivity index (χ0n) is 14.4. The van der Waals surface area contributed by atoms with Crippen molar-refractivity contribution in [3.05, 3.63) is 90.4 Å². The van der Waals surface area contributed by atoms with Gasteiger partial charge < -0.3 is 14.8 Å². The van der Waals surface area contributed by atoms with E-state index in [4.69, 9.17) is 0 Å². The number of amides is 1. The van der Waals surface area contributed by atoms with E-state index in [0.29, 0.717) is 11.3 Å². The summed E-state index contributed by atoms with van der Waals surface area (Å²) in [5, 5.41) is 12.5. The van der Waals surface area contributed by atoms with Crippen molar-refractivity contribution in [3.63, 3.8) is 0 Å². The molecule has 0 spiro atoms. The van der Waals surface area contributed by atoms with Gasteiger partial charge in [0.05, 0.1) is 11.4 Å². The fraction of sp³-hybridized carbons (Fsp3) is 0.0476. The smallest absolute Gasteiger partial charge is 0.255 e. The molecule has 2 aromatic heterocycles. The van der Waals surface area contributed by atoms with E-state index in [1.807, 2.05) is 47.1 Å². The van der Waals surface area contributed by atoms with E-state index in [-0.39, 0.29) is 11.7 Å². The number of para-hydroxylation sites is 2. The van der Waals surface area contributed by atoms with Gasteiger partial charge in [0.2, 0.25) is 0 Å². The number of phenols is 1. The largest absolute Gasteiger partial charge is 0.506 e. The predicted octanol–water partition coefficient (Wildman–Crippen LogP) is 4.58. The van der Waals surface area contributed by atoms with Crippen LogP contribution in [0.3, 0.4) is 0 Å². The molecule has 0 bridgehead atoms. The average Bonchev–Trinajstić information content (AvgIpc) is 3.11. The number of carbonyl (C=O) groups excluding carboxylic acids is 1. The van der Waals surface area contributed by atoms with E-state index < -0.39 is 0 Å². The van der Waals surface area contributed by atoms with Crippen LogP contribution in [0.5, 0.6) is 5.75 Å². The Morgan fingerprint density at radius 3 is 2.59 bits per heavy atom. The molecule has 0 aliphatic heterocycles. The zero-order valence-corrected chi connectivity index (χ0v) is 15.2. The van der Waals surface area contributed by atoms with Crippen LogP contribution in [-0.2, 0) is 5.75 Å². The van der Waals surface area contributed by atoms with Crippen molar-refractivity contribution in [1.82, 2.24) is 9.38 Å². The molecule has 5 nitrogen and oxygen atoms in total. The van der Waals surface area contributed by atoms with E-state index >= 15 is 0 Å². The van der Waals surface area contributed by atoms with E-state index in [1.54, 1.807) is 42.1 Å². The number of hydrogen-bond donors (Lipinski definition) is 2. The molecular formula is C21H17N3O2S. The van der Waals surface area contributed by atoms with Crippen molar-refractivity contribution < 1.29 is 9.90 Å². The number of carbonyl (C=O) groups is 1. The lowest BCUT2D eigenvalue weighted by atomic mass is 10.2. The Bertz CT molecular complexity index is 1060. The molecule has 0 unspecified atom stereocenters. The molecule has 0 saturated heterocycles. The van der Waals surface area contributed by atoms with Crippen LogP contribution in [-0.4, -0.2) is 20.4 Å². The Morgan fingerprint density at radius 1 is 1.04 bits per heavy atom. The van der Waals surface area contributed by atoms with E-state index in [9.17, 15) is 9.90 Å². The first-order valence-electron chi connectivity index (χ1n) is 8.44. The van der Waals surface area contributed by atoms with Gasteiger partial charge in [0.1, 0.15) is 11.4 Å². The summed E-state index contributed by atoms with van der Waals surface area (Å²) in [6, 6.07) is 20.0. The molecule has 2 N–H and O–H groups in total. The van der Waals surface area contributed by atoms with E-state index in [2.05, 4.69) is 10.3 Å². The Morgan fingerprint density at radius 2 is 1.81 bits per heavy atom. The third-order valence-electron chi connectivity index (χ3n) is 4.07.